The monoisotopic (exact) mass is 305 g/mol. The normalized spacial score (nSPS) is 10.9. The fourth-order valence-corrected chi connectivity index (χ4v) is 3.75. The van der Waals surface area contributed by atoms with Gasteiger partial charge in [0.15, 0.2) is 0 Å². The van der Waals surface area contributed by atoms with Crippen LogP contribution in [0.15, 0.2) is 18.5 Å². The SMILES string of the molecule is CCCc1sc(C(=O)N(C)Cc2cnn(C)c2)cc1CC. The van der Waals surface area contributed by atoms with Crippen molar-refractivity contribution in [2.45, 2.75) is 39.7 Å². The van der Waals surface area contributed by atoms with Gasteiger partial charge in [-0.25, -0.2) is 0 Å². The number of aryl methyl sites for hydroxylation is 3. The van der Waals surface area contributed by atoms with Crippen LogP contribution in [0.5, 0.6) is 0 Å². The van der Waals surface area contributed by atoms with Crippen molar-refractivity contribution >= 4 is 17.2 Å². The maximum absolute atomic E-state index is 12.6. The number of carbonyl (C=O) groups excluding carboxylic acids is 1. The van der Waals surface area contributed by atoms with Gasteiger partial charge in [-0.1, -0.05) is 20.3 Å². The molecule has 0 aliphatic carbocycles. The van der Waals surface area contributed by atoms with Crippen molar-refractivity contribution in [3.63, 3.8) is 0 Å². The van der Waals surface area contributed by atoms with Gasteiger partial charge in [-0.3, -0.25) is 9.48 Å². The maximum Gasteiger partial charge on any atom is 0.263 e. The van der Waals surface area contributed by atoms with Crippen LogP contribution >= 0.6 is 11.3 Å². The average molecular weight is 305 g/mol. The summed E-state index contributed by atoms with van der Waals surface area (Å²) in [5.74, 6) is 0.0981. The molecule has 0 atom stereocenters. The highest BCUT2D eigenvalue weighted by molar-refractivity contribution is 7.14. The molecular weight excluding hydrogens is 282 g/mol. The van der Waals surface area contributed by atoms with Crippen LogP contribution in [0.25, 0.3) is 0 Å². The third kappa shape index (κ3) is 3.73. The minimum absolute atomic E-state index is 0.0981. The van der Waals surface area contributed by atoms with Crippen molar-refractivity contribution in [2.75, 3.05) is 7.05 Å². The van der Waals surface area contributed by atoms with Gasteiger partial charge in [-0.15, -0.1) is 11.3 Å². The van der Waals surface area contributed by atoms with Crippen LogP contribution in [0.1, 0.15) is 45.9 Å². The van der Waals surface area contributed by atoms with Gasteiger partial charge in [0, 0.05) is 37.3 Å². The van der Waals surface area contributed by atoms with E-state index in [9.17, 15) is 4.79 Å². The van der Waals surface area contributed by atoms with Crippen LogP contribution in [0.2, 0.25) is 0 Å². The molecule has 2 aromatic heterocycles. The lowest BCUT2D eigenvalue weighted by Crippen LogP contribution is -2.25. The second-order valence-corrected chi connectivity index (χ2v) is 6.48. The van der Waals surface area contributed by atoms with E-state index < -0.39 is 0 Å². The van der Waals surface area contributed by atoms with E-state index in [-0.39, 0.29) is 5.91 Å². The Morgan fingerprint density at radius 3 is 2.76 bits per heavy atom. The number of hydrogen-bond acceptors (Lipinski definition) is 3. The number of carbonyl (C=O) groups is 1. The standard InChI is InChI=1S/C16H23N3OS/c1-5-7-14-13(6-2)8-15(21-14)16(20)18(3)10-12-9-17-19(4)11-12/h8-9,11H,5-7,10H2,1-4H3. The summed E-state index contributed by atoms with van der Waals surface area (Å²) in [6, 6.07) is 2.07. The molecule has 2 heterocycles. The highest BCUT2D eigenvalue weighted by atomic mass is 32.1. The minimum Gasteiger partial charge on any atom is -0.337 e. The zero-order valence-electron chi connectivity index (χ0n) is 13.2. The highest BCUT2D eigenvalue weighted by Crippen LogP contribution is 2.26. The first-order valence-corrected chi connectivity index (χ1v) is 8.21. The van der Waals surface area contributed by atoms with Crippen LogP contribution in [-0.4, -0.2) is 27.6 Å². The maximum atomic E-state index is 12.6. The lowest BCUT2D eigenvalue weighted by molar-refractivity contribution is 0.0790. The lowest BCUT2D eigenvalue weighted by Gasteiger charge is -2.14. The first-order valence-electron chi connectivity index (χ1n) is 7.39. The summed E-state index contributed by atoms with van der Waals surface area (Å²) in [6.45, 7) is 4.92. The minimum atomic E-state index is 0.0981. The molecule has 0 aromatic carbocycles. The molecule has 4 nitrogen and oxygen atoms in total. The molecule has 0 aliphatic heterocycles. The zero-order chi connectivity index (χ0) is 15.4. The molecule has 0 bridgehead atoms. The fraction of sp³-hybridized carbons (Fsp3) is 0.500. The Balaban J connectivity index is 2.11. The summed E-state index contributed by atoms with van der Waals surface area (Å²) in [4.78, 5) is 16.5. The summed E-state index contributed by atoms with van der Waals surface area (Å²) in [6.07, 6.45) is 6.92. The molecule has 0 unspecified atom stereocenters. The number of amides is 1. The van der Waals surface area contributed by atoms with Crippen LogP contribution in [0.4, 0.5) is 0 Å². The summed E-state index contributed by atoms with van der Waals surface area (Å²) >= 11 is 1.65. The quantitative estimate of drug-likeness (QED) is 0.821. The molecule has 21 heavy (non-hydrogen) atoms. The number of rotatable bonds is 6. The van der Waals surface area contributed by atoms with Crippen LogP contribution in [-0.2, 0) is 26.4 Å². The van der Waals surface area contributed by atoms with Crippen molar-refractivity contribution < 1.29 is 4.79 Å². The second kappa shape index (κ2) is 6.89. The summed E-state index contributed by atoms with van der Waals surface area (Å²) < 4.78 is 1.76. The van der Waals surface area contributed by atoms with Crippen molar-refractivity contribution in [2.24, 2.45) is 7.05 Å². The van der Waals surface area contributed by atoms with Crippen molar-refractivity contribution in [3.8, 4) is 0 Å². The van der Waals surface area contributed by atoms with Crippen LogP contribution in [0, 0.1) is 0 Å². The molecule has 5 heteroatoms. The molecule has 114 valence electrons. The van der Waals surface area contributed by atoms with Crippen molar-refractivity contribution in [1.82, 2.24) is 14.7 Å². The molecular formula is C16H23N3OS. The molecule has 0 N–H and O–H groups in total. The fourth-order valence-electron chi connectivity index (χ4n) is 2.40. The van der Waals surface area contributed by atoms with E-state index in [1.807, 2.05) is 20.3 Å². The molecule has 2 rings (SSSR count). The van der Waals surface area contributed by atoms with E-state index in [2.05, 4.69) is 25.0 Å². The first-order chi connectivity index (χ1) is 10.0. The summed E-state index contributed by atoms with van der Waals surface area (Å²) in [5, 5.41) is 4.14. The van der Waals surface area contributed by atoms with Gasteiger partial charge in [0.2, 0.25) is 0 Å². The molecule has 2 aromatic rings. The zero-order valence-corrected chi connectivity index (χ0v) is 14.0. The first kappa shape index (κ1) is 15.8. The third-order valence-corrected chi connectivity index (χ3v) is 4.72. The molecule has 0 spiro atoms. The van der Waals surface area contributed by atoms with Gasteiger partial charge in [0.1, 0.15) is 0 Å². The van der Waals surface area contributed by atoms with Crippen LogP contribution < -0.4 is 0 Å². The Hall–Kier alpha value is -1.62. The number of nitrogens with zero attached hydrogens (tertiary/aromatic N) is 3. The third-order valence-electron chi connectivity index (χ3n) is 3.49. The average Bonchev–Trinajstić information content (AvgIpc) is 3.04. The molecule has 0 saturated heterocycles. The Kier molecular flexibility index (Phi) is 5.17. The van der Waals surface area contributed by atoms with Crippen molar-refractivity contribution in [1.29, 1.82) is 0 Å². The Morgan fingerprint density at radius 1 is 1.43 bits per heavy atom. The van der Waals surface area contributed by atoms with E-state index in [1.54, 1.807) is 27.1 Å². The lowest BCUT2D eigenvalue weighted by atomic mass is 10.1. The van der Waals surface area contributed by atoms with E-state index in [1.165, 1.54) is 10.4 Å². The van der Waals surface area contributed by atoms with Crippen LogP contribution in [0.3, 0.4) is 0 Å². The van der Waals surface area contributed by atoms with E-state index in [0.717, 1.165) is 29.7 Å². The molecule has 0 radical (unpaired) electrons. The largest absolute Gasteiger partial charge is 0.337 e. The van der Waals surface area contributed by atoms with Gasteiger partial charge < -0.3 is 4.90 Å². The Labute approximate surface area is 130 Å². The van der Waals surface area contributed by atoms with Gasteiger partial charge in [0.05, 0.1) is 11.1 Å². The predicted octanol–water partition coefficient (Wildman–Crippen LogP) is 3.27. The molecule has 0 fully saturated rings. The molecule has 1 amide bonds. The van der Waals surface area contributed by atoms with Crippen molar-refractivity contribution in [3.05, 3.63) is 39.3 Å². The molecule has 0 aliphatic rings. The number of hydrogen-bond donors (Lipinski definition) is 0. The Morgan fingerprint density at radius 2 is 2.19 bits per heavy atom. The Bertz CT molecular complexity index is 615. The summed E-state index contributed by atoms with van der Waals surface area (Å²) in [5.41, 5.74) is 2.37. The predicted molar refractivity (Wildman–Crippen MR) is 86.7 cm³/mol. The van der Waals surface area contributed by atoms with Gasteiger partial charge in [-0.2, -0.15) is 5.10 Å². The smallest absolute Gasteiger partial charge is 0.263 e. The summed E-state index contributed by atoms with van der Waals surface area (Å²) in [7, 11) is 3.73. The van der Waals surface area contributed by atoms with Gasteiger partial charge >= 0.3 is 0 Å². The van der Waals surface area contributed by atoms with Gasteiger partial charge in [-0.05, 0) is 24.5 Å². The number of aromatic nitrogens is 2. The van der Waals surface area contributed by atoms with E-state index in [0.29, 0.717) is 6.54 Å². The van der Waals surface area contributed by atoms with E-state index >= 15 is 0 Å². The second-order valence-electron chi connectivity index (χ2n) is 5.35. The van der Waals surface area contributed by atoms with Gasteiger partial charge in [0.25, 0.3) is 5.91 Å². The highest BCUT2D eigenvalue weighted by Gasteiger charge is 2.17. The topological polar surface area (TPSA) is 38.1 Å². The van der Waals surface area contributed by atoms with E-state index in [4.69, 9.17) is 0 Å². The number of thiophene rings is 1. The molecule has 0 saturated carbocycles.